The number of anilines is 1. The molecule has 4 aliphatic rings. The molecule has 11 nitrogen and oxygen atoms in total. The summed E-state index contributed by atoms with van der Waals surface area (Å²) in [6, 6.07) is 10.8. The van der Waals surface area contributed by atoms with Crippen LogP contribution in [0.25, 0.3) is 11.1 Å². The van der Waals surface area contributed by atoms with Gasteiger partial charge >= 0.3 is 0 Å². The molecule has 0 spiro atoms. The van der Waals surface area contributed by atoms with Crippen LogP contribution in [0, 0.1) is 35.0 Å². The standard InChI is InChI=1S/C41H63N5O6/c1-23(2)34(21-44(7)8)43-39(49)28-15-27(16-30(17-28)45(9)10)31-14-12-13-26(38(31)51-11)20-46-37(36(25(4)48)35(22-47)52-46)40(50)42-33-19-29-18-32(24(33)3)41(29,5)6/h12-17,23-25,29,32-37,47-48H,18-22H2,1-11H3,(H,42,50)(H,43,49)/t24-,25-,29-,32+,33-,34+,35-,36+,37-/m0/s1. The molecule has 1 heterocycles. The molecule has 4 N–H and O–H groups in total. The number of carbonyl (C=O) groups excluding carboxylic acids is 2. The SMILES string of the molecule is COc1c(CN2O[C@@H](CO)[C@@H]([C@H](C)O)[C@H]2C(=O)N[C@H]2C[C@@H]3C[C@H]([C@@H]2C)C3(C)C)cccc1-c1cc(C(=O)N[C@H](CN(C)C)C(C)C)cc(N(C)C)c1. The minimum Gasteiger partial charge on any atom is -0.496 e. The molecule has 3 aliphatic carbocycles. The van der Waals surface area contributed by atoms with E-state index in [9.17, 15) is 19.8 Å². The number of carbonyl (C=O) groups is 2. The van der Waals surface area contributed by atoms with Crippen LogP contribution in [0.3, 0.4) is 0 Å². The van der Waals surface area contributed by atoms with Crippen LogP contribution in [0.15, 0.2) is 36.4 Å². The molecule has 2 amide bonds. The first-order valence-electron chi connectivity index (χ1n) is 18.9. The van der Waals surface area contributed by atoms with Crippen molar-refractivity contribution < 1.29 is 29.4 Å². The van der Waals surface area contributed by atoms with Crippen molar-refractivity contribution in [1.29, 1.82) is 0 Å². The monoisotopic (exact) mass is 721 g/mol. The number of hydrogen-bond acceptors (Lipinski definition) is 9. The van der Waals surface area contributed by atoms with Crippen molar-refractivity contribution in [2.24, 2.45) is 35.0 Å². The number of rotatable bonds is 14. The van der Waals surface area contributed by atoms with Gasteiger partial charge in [-0.15, -0.1) is 0 Å². The Balaban J connectivity index is 1.45. The van der Waals surface area contributed by atoms with Gasteiger partial charge < -0.3 is 35.4 Å². The molecule has 52 heavy (non-hydrogen) atoms. The average Bonchev–Trinajstić information content (AvgIpc) is 3.46. The summed E-state index contributed by atoms with van der Waals surface area (Å²) in [5, 5.41) is 29.5. The highest BCUT2D eigenvalue weighted by Crippen LogP contribution is 2.61. The fraction of sp³-hybridized carbons (Fsp3) is 0.659. The van der Waals surface area contributed by atoms with Gasteiger partial charge in [-0.05, 0) is 86.7 Å². The number of para-hydroxylation sites is 1. The van der Waals surface area contributed by atoms with Gasteiger partial charge in [-0.1, -0.05) is 52.8 Å². The fourth-order valence-electron chi connectivity index (χ4n) is 9.05. The van der Waals surface area contributed by atoms with E-state index < -0.39 is 24.2 Å². The van der Waals surface area contributed by atoms with Crippen molar-refractivity contribution in [3.63, 3.8) is 0 Å². The quantitative estimate of drug-likeness (QED) is 0.225. The first-order valence-corrected chi connectivity index (χ1v) is 18.9. The molecular weight excluding hydrogens is 658 g/mol. The molecule has 9 atom stereocenters. The van der Waals surface area contributed by atoms with Crippen LogP contribution >= 0.6 is 0 Å². The number of aliphatic hydroxyl groups excluding tert-OH is 2. The van der Waals surface area contributed by atoms with Crippen molar-refractivity contribution in [2.45, 2.75) is 91.3 Å². The summed E-state index contributed by atoms with van der Waals surface area (Å²) in [4.78, 5) is 38.3. The summed E-state index contributed by atoms with van der Waals surface area (Å²) in [6.07, 6.45) is 0.494. The van der Waals surface area contributed by atoms with Crippen LogP contribution in [-0.4, -0.2) is 111 Å². The summed E-state index contributed by atoms with van der Waals surface area (Å²) in [5.74, 6) is 1.33. The predicted molar refractivity (Wildman–Crippen MR) is 205 cm³/mol. The van der Waals surface area contributed by atoms with Gasteiger partial charge in [0.05, 0.1) is 26.4 Å². The average molecular weight is 722 g/mol. The smallest absolute Gasteiger partial charge is 0.251 e. The van der Waals surface area contributed by atoms with Gasteiger partial charge in [-0.2, -0.15) is 5.06 Å². The summed E-state index contributed by atoms with van der Waals surface area (Å²) in [7, 11) is 9.51. The number of ether oxygens (including phenoxy) is 1. The van der Waals surface area contributed by atoms with Gasteiger partial charge in [0.1, 0.15) is 17.9 Å². The Labute approximate surface area is 311 Å². The van der Waals surface area contributed by atoms with E-state index in [4.69, 9.17) is 9.57 Å². The Bertz CT molecular complexity index is 1580. The van der Waals surface area contributed by atoms with Gasteiger partial charge in [0.25, 0.3) is 5.91 Å². The van der Waals surface area contributed by atoms with Crippen molar-refractivity contribution in [1.82, 2.24) is 20.6 Å². The molecule has 0 radical (unpaired) electrons. The van der Waals surface area contributed by atoms with Crippen LogP contribution in [-0.2, 0) is 16.2 Å². The first kappa shape index (κ1) is 40.0. The molecule has 3 saturated carbocycles. The summed E-state index contributed by atoms with van der Waals surface area (Å²) >= 11 is 0. The molecule has 2 bridgehead atoms. The number of aliphatic hydroxyl groups is 2. The zero-order chi connectivity index (χ0) is 38.2. The third-order valence-corrected chi connectivity index (χ3v) is 12.4. The van der Waals surface area contributed by atoms with Crippen molar-refractivity contribution >= 4 is 17.5 Å². The molecule has 288 valence electrons. The van der Waals surface area contributed by atoms with E-state index in [1.807, 2.05) is 69.5 Å². The first-order chi connectivity index (χ1) is 24.5. The lowest BCUT2D eigenvalue weighted by atomic mass is 9.45. The molecule has 11 heteroatoms. The van der Waals surface area contributed by atoms with Gasteiger partial charge in [-0.25, -0.2) is 0 Å². The maximum Gasteiger partial charge on any atom is 0.251 e. The Kier molecular flexibility index (Phi) is 12.3. The van der Waals surface area contributed by atoms with E-state index in [1.54, 1.807) is 19.1 Å². The number of hydrogen-bond donors (Lipinski definition) is 4. The van der Waals surface area contributed by atoms with Crippen LogP contribution in [0.2, 0.25) is 0 Å². The number of nitrogens with one attached hydrogen (secondary N) is 2. The lowest BCUT2D eigenvalue weighted by Crippen LogP contribution is -2.62. The molecule has 1 aliphatic heterocycles. The lowest BCUT2D eigenvalue weighted by Gasteiger charge is -2.62. The predicted octanol–water partition coefficient (Wildman–Crippen LogP) is 4.40. The van der Waals surface area contributed by atoms with E-state index >= 15 is 0 Å². The number of likely N-dealkylation sites (N-methyl/N-ethyl adjacent to an activating group) is 1. The molecule has 0 unspecified atom stereocenters. The number of benzene rings is 2. The topological polar surface area (TPSA) is 127 Å². The molecule has 4 fully saturated rings. The highest BCUT2D eigenvalue weighted by molar-refractivity contribution is 5.97. The molecule has 1 saturated heterocycles. The van der Waals surface area contributed by atoms with Crippen LogP contribution < -0.4 is 20.3 Å². The third kappa shape index (κ3) is 7.99. The van der Waals surface area contributed by atoms with Crippen LogP contribution in [0.1, 0.15) is 70.3 Å². The normalized spacial score (nSPS) is 27.9. The van der Waals surface area contributed by atoms with E-state index in [0.717, 1.165) is 35.3 Å². The zero-order valence-corrected chi connectivity index (χ0v) is 33.1. The molecule has 2 aromatic carbocycles. The largest absolute Gasteiger partial charge is 0.496 e. The summed E-state index contributed by atoms with van der Waals surface area (Å²) in [5.41, 5.74) is 4.06. The van der Waals surface area contributed by atoms with E-state index in [0.29, 0.717) is 29.1 Å². The number of methoxy groups -OCH3 is 1. The van der Waals surface area contributed by atoms with Gasteiger partial charge in [0.15, 0.2) is 0 Å². The number of nitrogens with zero attached hydrogens (tertiary/aromatic N) is 3. The highest BCUT2D eigenvalue weighted by atomic mass is 16.7. The van der Waals surface area contributed by atoms with Gasteiger partial charge in [0.2, 0.25) is 5.91 Å². The molecule has 0 aromatic heterocycles. The zero-order valence-electron chi connectivity index (χ0n) is 33.1. The van der Waals surface area contributed by atoms with E-state index in [1.165, 1.54) is 6.42 Å². The van der Waals surface area contributed by atoms with Crippen LogP contribution in [0.4, 0.5) is 5.69 Å². The molecule has 6 rings (SSSR count). The maximum atomic E-state index is 14.2. The third-order valence-electron chi connectivity index (χ3n) is 12.4. The Morgan fingerprint density at radius 3 is 2.37 bits per heavy atom. The number of amides is 2. The Hall–Kier alpha value is -3.22. The fourth-order valence-corrected chi connectivity index (χ4v) is 9.05. The second-order valence-corrected chi connectivity index (χ2v) is 17.0. The van der Waals surface area contributed by atoms with Crippen LogP contribution in [0.5, 0.6) is 5.75 Å². The maximum absolute atomic E-state index is 14.2. The second-order valence-electron chi connectivity index (χ2n) is 17.0. The van der Waals surface area contributed by atoms with E-state index in [-0.39, 0.29) is 48.4 Å². The molecular formula is C41H63N5O6. The van der Waals surface area contributed by atoms with Crippen molar-refractivity contribution in [3.05, 3.63) is 47.5 Å². The van der Waals surface area contributed by atoms with Gasteiger partial charge in [-0.3, -0.25) is 14.4 Å². The van der Waals surface area contributed by atoms with E-state index in [2.05, 4.69) is 50.2 Å². The van der Waals surface area contributed by atoms with Gasteiger partial charge in [0, 0.05) is 61.0 Å². The lowest BCUT2D eigenvalue weighted by molar-refractivity contribution is -0.183. The number of hydroxylamine groups is 2. The Morgan fingerprint density at radius 1 is 1.10 bits per heavy atom. The van der Waals surface area contributed by atoms with Crippen molar-refractivity contribution in [3.8, 4) is 16.9 Å². The minimum absolute atomic E-state index is 0.0236. The minimum atomic E-state index is -0.895. The summed E-state index contributed by atoms with van der Waals surface area (Å²) < 4.78 is 6.08. The second kappa shape index (κ2) is 16.0. The highest BCUT2D eigenvalue weighted by Gasteiger charge is 2.57. The number of fused-ring (bicyclic) bond motifs is 2. The Morgan fingerprint density at radius 2 is 1.81 bits per heavy atom. The molecule has 2 aromatic rings. The summed E-state index contributed by atoms with van der Waals surface area (Å²) in [6.45, 7) is 13.3. The van der Waals surface area contributed by atoms with Crippen molar-refractivity contribution in [2.75, 3.05) is 53.4 Å².